The second kappa shape index (κ2) is 6.93. The van der Waals surface area contributed by atoms with E-state index in [0.717, 1.165) is 32.1 Å². The molecule has 0 N–H and O–H groups in total. The smallest absolute Gasteiger partial charge is 0.264 e. The zero-order valence-electron chi connectivity index (χ0n) is 11.0. The average Bonchev–Trinajstić information content (AvgIpc) is 2.46. The fourth-order valence-electron chi connectivity index (χ4n) is 1.77. The molecule has 0 fully saturated rings. The Labute approximate surface area is 146 Å². The Bertz CT molecular complexity index is 779. The summed E-state index contributed by atoms with van der Waals surface area (Å²) in [6, 6.07) is 10.9. The molecule has 0 unspecified atom stereocenters. The Kier molecular flexibility index (Phi) is 5.41. The average molecular weight is 454 g/mol. The summed E-state index contributed by atoms with van der Waals surface area (Å²) in [5.74, 6) is -0.548. The third-order valence-corrected chi connectivity index (χ3v) is 5.41. The third-order valence-electron chi connectivity index (χ3n) is 2.78. The predicted molar refractivity (Wildman–Crippen MR) is 91.0 cm³/mol. The molecule has 4 nitrogen and oxygen atoms in total. The van der Waals surface area contributed by atoms with E-state index >= 15 is 0 Å². The van der Waals surface area contributed by atoms with Gasteiger partial charge in [-0.25, -0.2) is 12.8 Å². The summed E-state index contributed by atoms with van der Waals surface area (Å²) in [6.07, 6.45) is 0. The van der Waals surface area contributed by atoms with Crippen LogP contribution in [0, 0.1) is 9.39 Å². The van der Waals surface area contributed by atoms with E-state index in [1.165, 1.54) is 0 Å². The number of halogens is 3. The van der Waals surface area contributed by atoms with Gasteiger partial charge in [0.2, 0.25) is 5.24 Å². The molecular weight excluding hydrogens is 444 g/mol. The topological polar surface area (TPSA) is 54.5 Å². The van der Waals surface area contributed by atoms with Crippen molar-refractivity contribution in [3.05, 3.63) is 57.9 Å². The number of benzene rings is 2. The lowest BCUT2D eigenvalue weighted by Crippen LogP contribution is -2.34. The van der Waals surface area contributed by atoms with E-state index in [9.17, 15) is 17.6 Å². The second-order valence-corrected chi connectivity index (χ2v) is 7.83. The van der Waals surface area contributed by atoms with E-state index in [0.29, 0.717) is 5.69 Å². The highest BCUT2D eigenvalue weighted by molar-refractivity contribution is 14.1. The van der Waals surface area contributed by atoms with Crippen LogP contribution in [0.2, 0.25) is 0 Å². The third kappa shape index (κ3) is 3.96. The molecule has 0 saturated heterocycles. The number of hydrogen-bond acceptors (Lipinski definition) is 3. The minimum Gasteiger partial charge on any atom is -0.279 e. The Morgan fingerprint density at radius 2 is 1.64 bits per heavy atom. The molecular formula is C14H10ClFINO3S. The van der Waals surface area contributed by atoms with Gasteiger partial charge in [0.15, 0.2) is 0 Å². The highest BCUT2D eigenvalue weighted by Gasteiger charge is 2.26. The molecule has 0 aromatic heterocycles. The van der Waals surface area contributed by atoms with Gasteiger partial charge in [-0.2, -0.15) is 0 Å². The fraction of sp³-hybridized carbons (Fsp3) is 0.0714. The minimum absolute atomic E-state index is 0.120. The van der Waals surface area contributed by atoms with Crippen LogP contribution in [0.5, 0.6) is 0 Å². The maximum atomic E-state index is 13.0. The van der Waals surface area contributed by atoms with Gasteiger partial charge in [-0.1, -0.05) is 0 Å². The van der Waals surface area contributed by atoms with Crippen LogP contribution in [0.15, 0.2) is 53.4 Å². The lowest BCUT2D eigenvalue weighted by atomic mass is 10.3. The molecule has 2 rings (SSSR count). The molecule has 116 valence electrons. The van der Waals surface area contributed by atoms with Crippen LogP contribution in [0.25, 0.3) is 0 Å². The number of rotatable bonds is 5. The number of sulfonamides is 1. The van der Waals surface area contributed by atoms with E-state index < -0.39 is 27.6 Å². The highest BCUT2D eigenvalue weighted by atomic mass is 127. The van der Waals surface area contributed by atoms with Gasteiger partial charge in [0, 0.05) is 3.57 Å². The Morgan fingerprint density at radius 3 is 2.14 bits per heavy atom. The number of hydrogen-bond donors (Lipinski definition) is 0. The van der Waals surface area contributed by atoms with Crippen LogP contribution < -0.4 is 4.31 Å². The molecule has 0 radical (unpaired) electrons. The van der Waals surface area contributed by atoms with Crippen molar-refractivity contribution in [3.8, 4) is 0 Å². The minimum atomic E-state index is -4.02. The van der Waals surface area contributed by atoms with Crippen molar-refractivity contribution in [1.82, 2.24) is 0 Å². The summed E-state index contributed by atoms with van der Waals surface area (Å²) < 4.78 is 40.1. The van der Waals surface area contributed by atoms with Crippen LogP contribution >= 0.6 is 34.2 Å². The molecule has 0 aliphatic carbocycles. The van der Waals surface area contributed by atoms with Gasteiger partial charge >= 0.3 is 0 Å². The van der Waals surface area contributed by atoms with Gasteiger partial charge in [0.25, 0.3) is 10.0 Å². The normalized spacial score (nSPS) is 11.2. The van der Waals surface area contributed by atoms with E-state index in [1.807, 2.05) is 0 Å². The van der Waals surface area contributed by atoms with Gasteiger partial charge in [0.1, 0.15) is 12.4 Å². The summed E-state index contributed by atoms with van der Waals surface area (Å²) in [6.45, 7) is -0.512. The van der Waals surface area contributed by atoms with Gasteiger partial charge in [0.05, 0.1) is 10.6 Å². The van der Waals surface area contributed by atoms with Crippen LogP contribution in [-0.2, 0) is 14.8 Å². The maximum absolute atomic E-state index is 13.0. The van der Waals surface area contributed by atoms with Gasteiger partial charge in [-0.15, -0.1) is 0 Å². The fourth-order valence-corrected chi connectivity index (χ4v) is 3.74. The van der Waals surface area contributed by atoms with Crippen LogP contribution in [0.4, 0.5) is 10.1 Å². The summed E-state index contributed by atoms with van der Waals surface area (Å²) in [4.78, 5) is 11.1. The maximum Gasteiger partial charge on any atom is 0.264 e. The predicted octanol–water partition coefficient (Wildman–Crippen LogP) is 3.39. The first-order valence-electron chi connectivity index (χ1n) is 6.03. The van der Waals surface area contributed by atoms with Crippen LogP contribution in [0.1, 0.15) is 0 Å². The molecule has 0 atom stereocenters. The quantitative estimate of drug-likeness (QED) is 0.515. The summed E-state index contributed by atoms with van der Waals surface area (Å²) >= 11 is 7.44. The van der Waals surface area contributed by atoms with E-state index in [2.05, 4.69) is 22.6 Å². The number of carbonyl (C=O) groups is 1. The number of anilines is 1. The van der Waals surface area contributed by atoms with Crippen LogP contribution in [-0.4, -0.2) is 20.2 Å². The lowest BCUT2D eigenvalue weighted by Gasteiger charge is -2.23. The Balaban J connectivity index is 2.50. The molecule has 0 amide bonds. The largest absolute Gasteiger partial charge is 0.279 e. The zero-order valence-corrected chi connectivity index (χ0v) is 14.8. The SMILES string of the molecule is O=C(Cl)CN(c1ccc(I)cc1)S(=O)(=O)c1ccc(F)cc1. The molecule has 0 aliphatic heterocycles. The first kappa shape index (κ1) is 17.2. The van der Waals surface area contributed by atoms with Crippen molar-refractivity contribution in [3.63, 3.8) is 0 Å². The van der Waals surface area contributed by atoms with Gasteiger partial charge in [-0.05, 0) is 82.7 Å². The van der Waals surface area contributed by atoms with Crippen molar-refractivity contribution in [1.29, 1.82) is 0 Å². The van der Waals surface area contributed by atoms with Crippen molar-refractivity contribution in [2.24, 2.45) is 0 Å². The summed E-state index contributed by atoms with van der Waals surface area (Å²) in [5, 5.41) is -0.816. The van der Waals surface area contributed by atoms with Gasteiger partial charge < -0.3 is 0 Å². The molecule has 0 heterocycles. The van der Waals surface area contributed by atoms with E-state index in [4.69, 9.17) is 11.6 Å². The monoisotopic (exact) mass is 453 g/mol. The molecule has 22 heavy (non-hydrogen) atoms. The Morgan fingerprint density at radius 1 is 1.09 bits per heavy atom. The van der Waals surface area contributed by atoms with Crippen molar-refractivity contribution < 1.29 is 17.6 Å². The summed E-state index contributed by atoms with van der Waals surface area (Å²) in [7, 11) is -4.02. The standard InChI is InChI=1S/C14H10ClFINO3S/c15-14(19)9-18(12-5-3-11(17)4-6-12)22(20,21)13-7-1-10(16)2-8-13/h1-8H,9H2. The van der Waals surface area contributed by atoms with Gasteiger partial charge in [-0.3, -0.25) is 9.10 Å². The Hall–Kier alpha value is -1.19. The summed E-state index contributed by atoms with van der Waals surface area (Å²) in [5.41, 5.74) is 0.304. The molecule has 0 bridgehead atoms. The molecule has 2 aromatic carbocycles. The number of carbonyl (C=O) groups excluding carboxylic acids is 1. The van der Waals surface area contributed by atoms with Crippen molar-refractivity contribution in [2.45, 2.75) is 4.90 Å². The molecule has 0 saturated carbocycles. The zero-order chi connectivity index (χ0) is 16.3. The molecule has 8 heteroatoms. The molecule has 0 spiro atoms. The molecule has 0 aliphatic rings. The van der Waals surface area contributed by atoms with E-state index in [1.54, 1.807) is 24.3 Å². The van der Waals surface area contributed by atoms with E-state index in [-0.39, 0.29) is 4.90 Å². The first-order valence-corrected chi connectivity index (χ1v) is 8.92. The number of nitrogens with zero attached hydrogens (tertiary/aromatic N) is 1. The molecule has 2 aromatic rings. The first-order chi connectivity index (χ1) is 10.3. The highest BCUT2D eigenvalue weighted by Crippen LogP contribution is 2.24. The van der Waals surface area contributed by atoms with Crippen molar-refractivity contribution in [2.75, 3.05) is 10.8 Å². The van der Waals surface area contributed by atoms with Crippen molar-refractivity contribution >= 4 is 55.1 Å². The lowest BCUT2D eigenvalue weighted by molar-refractivity contribution is -0.110. The van der Waals surface area contributed by atoms with Crippen LogP contribution in [0.3, 0.4) is 0 Å². The second-order valence-electron chi connectivity index (χ2n) is 4.30.